The van der Waals surface area contributed by atoms with Gasteiger partial charge in [0.1, 0.15) is 5.75 Å². The van der Waals surface area contributed by atoms with Crippen LogP contribution in [0.1, 0.15) is 39.0 Å². The van der Waals surface area contributed by atoms with Crippen LogP contribution in [0.4, 0.5) is 5.69 Å². The maximum absolute atomic E-state index is 9.87. The Balaban J connectivity index is 2.10. The van der Waals surface area contributed by atoms with Crippen molar-refractivity contribution in [2.24, 2.45) is 0 Å². The van der Waals surface area contributed by atoms with Crippen LogP contribution in [0.5, 0.6) is 5.75 Å². The summed E-state index contributed by atoms with van der Waals surface area (Å²) in [5, 5.41) is 9.87. The lowest BCUT2D eigenvalue weighted by Crippen LogP contribution is -2.29. The largest absolute Gasteiger partial charge is 0.506 e. The first kappa shape index (κ1) is 11.3. The molecule has 1 saturated heterocycles. The van der Waals surface area contributed by atoms with Gasteiger partial charge >= 0.3 is 0 Å². The molecule has 0 aliphatic carbocycles. The summed E-state index contributed by atoms with van der Waals surface area (Å²) < 4.78 is 0. The summed E-state index contributed by atoms with van der Waals surface area (Å²) >= 11 is 0. The molecule has 0 aromatic heterocycles. The van der Waals surface area contributed by atoms with Gasteiger partial charge < -0.3 is 10.0 Å². The average Bonchev–Trinajstić information content (AvgIpc) is 2.75. The molecule has 1 heterocycles. The van der Waals surface area contributed by atoms with Crippen molar-refractivity contribution in [1.29, 1.82) is 0 Å². The van der Waals surface area contributed by atoms with E-state index >= 15 is 0 Å². The summed E-state index contributed by atoms with van der Waals surface area (Å²) in [5.74, 6) is 0.422. The van der Waals surface area contributed by atoms with Crippen LogP contribution in [0.25, 0.3) is 0 Å². The average molecular weight is 219 g/mol. The van der Waals surface area contributed by atoms with Crippen LogP contribution in [-0.4, -0.2) is 17.7 Å². The van der Waals surface area contributed by atoms with Crippen LogP contribution in [0.15, 0.2) is 24.3 Å². The fourth-order valence-electron chi connectivity index (χ4n) is 2.60. The standard InChI is InChI=1S/C14H21NO/c1-2-3-7-12-8-6-11-15(12)13-9-4-5-10-14(13)16/h4-5,9-10,12,16H,2-3,6-8,11H2,1H3. The molecular weight excluding hydrogens is 198 g/mol. The zero-order valence-corrected chi connectivity index (χ0v) is 10.0. The van der Waals surface area contributed by atoms with E-state index in [0.29, 0.717) is 11.8 Å². The Morgan fingerprint density at radius 3 is 2.94 bits per heavy atom. The van der Waals surface area contributed by atoms with Crippen LogP contribution in [-0.2, 0) is 0 Å². The minimum Gasteiger partial charge on any atom is -0.506 e. The van der Waals surface area contributed by atoms with Crippen molar-refractivity contribution in [2.45, 2.75) is 45.1 Å². The Labute approximate surface area is 97.9 Å². The van der Waals surface area contributed by atoms with Crippen molar-refractivity contribution in [2.75, 3.05) is 11.4 Å². The van der Waals surface area contributed by atoms with Crippen molar-refractivity contribution in [3.8, 4) is 5.75 Å². The van der Waals surface area contributed by atoms with E-state index in [-0.39, 0.29) is 0 Å². The van der Waals surface area contributed by atoms with Gasteiger partial charge in [-0.25, -0.2) is 0 Å². The fourth-order valence-corrected chi connectivity index (χ4v) is 2.60. The molecule has 1 fully saturated rings. The van der Waals surface area contributed by atoms with E-state index in [1.807, 2.05) is 18.2 Å². The number of aromatic hydroxyl groups is 1. The smallest absolute Gasteiger partial charge is 0.138 e. The highest BCUT2D eigenvalue weighted by Crippen LogP contribution is 2.34. The summed E-state index contributed by atoms with van der Waals surface area (Å²) in [6, 6.07) is 8.33. The van der Waals surface area contributed by atoms with Crippen LogP contribution in [0, 0.1) is 0 Å². The number of benzene rings is 1. The van der Waals surface area contributed by atoms with Gasteiger partial charge in [-0.3, -0.25) is 0 Å². The van der Waals surface area contributed by atoms with E-state index in [2.05, 4.69) is 11.8 Å². The van der Waals surface area contributed by atoms with E-state index in [1.165, 1.54) is 32.1 Å². The van der Waals surface area contributed by atoms with Gasteiger partial charge in [-0.15, -0.1) is 0 Å². The number of nitrogens with zero attached hydrogens (tertiary/aromatic N) is 1. The fraction of sp³-hybridized carbons (Fsp3) is 0.571. The third-order valence-corrected chi connectivity index (χ3v) is 3.46. The van der Waals surface area contributed by atoms with Crippen molar-refractivity contribution in [1.82, 2.24) is 0 Å². The highest BCUT2D eigenvalue weighted by atomic mass is 16.3. The summed E-state index contributed by atoms with van der Waals surface area (Å²) in [6.45, 7) is 3.32. The van der Waals surface area contributed by atoms with Gasteiger partial charge in [0, 0.05) is 12.6 Å². The van der Waals surface area contributed by atoms with E-state index in [0.717, 1.165) is 12.2 Å². The number of para-hydroxylation sites is 2. The first-order valence-electron chi connectivity index (χ1n) is 6.37. The lowest BCUT2D eigenvalue weighted by Gasteiger charge is -2.27. The number of phenols is 1. The van der Waals surface area contributed by atoms with E-state index in [9.17, 15) is 5.11 Å². The molecule has 88 valence electrons. The predicted molar refractivity (Wildman–Crippen MR) is 68.0 cm³/mol. The first-order chi connectivity index (χ1) is 7.83. The minimum absolute atomic E-state index is 0.422. The Kier molecular flexibility index (Phi) is 3.70. The molecule has 1 aromatic carbocycles. The third kappa shape index (κ3) is 2.31. The lowest BCUT2D eigenvalue weighted by molar-refractivity contribution is 0.470. The molecule has 0 spiro atoms. The van der Waals surface area contributed by atoms with Crippen LogP contribution >= 0.6 is 0 Å². The molecule has 0 saturated carbocycles. The Morgan fingerprint density at radius 1 is 1.38 bits per heavy atom. The lowest BCUT2D eigenvalue weighted by atomic mass is 10.1. The molecule has 0 radical (unpaired) electrons. The quantitative estimate of drug-likeness (QED) is 0.837. The van der Waals surface area contributed by atoms with Gasteiger partial charge in [-0.2, -0.15) is 0 Å². The van der Waals surface area contributed by atoms with Crippen molar-refractivity contribution < 1.29 is 5.11 Å². The van der Waals surface area contributed by atoms with Gasteiger partial charge in [0.15, 0.2) is 0 Å². The van der Waals surface area contributed by atoms with Crippen LogP contribution < -0.4 is 4.90 Å². The molecule has 1 aromatic rings. The molecule has 0 amide bonds. The third-order valence-electron chi connectivity index (χ3n) is 3.46. The molecule has 1 aliphatic rings. The second kappa shape index (κ2) is 5.24. The summed E-state index contributed by atoms with van der Waals surface area (Å²) in [7, 11) is 0. The predicted octanol–water partition coefficient (Wildman–Crippen LogP) is 3.55. The first-order valence-corrected chi connectivity index (χ1v) is 6.37. The number of hydrogen-bond donors (Lipinski definition) is 1. The van der Waals surface area contributed by atoms with Crippen molar-refractivity contribution in [3.05, 3.63) is 24.3 Å². The molecule has 2 nitrogen and oxygen atoms in total. The molecule has 1 N–H and O–H groups in total. The van der Waals surface area contributed by atoms with Crippen molar-refractivity contribution in [3.63, 3.8) is 0 Å². The number of rotatable bonds is 4. The zero-order chi connectivity index (χ0) is 11.4. The van der Waals surface area contributed by atoms with Gasteiger partial charge in [0.05, 0.1) is 5.69 Å². The monoisotopic (exact) mass is 219 g/mol. The number of anilines is 1. The van der Waals surface area contributed by atoms with Gasteiger partial charge in [0.2, 0.25) is 0 Å². The highest BCUT2D eigenvalue weighted by Gasteiger charge is 2.25. The highest BCUT2D eigenvalue weighted by molar-refractivity contribution is 5.58. The van der Waals surface area contributed by atoms with Gasteiger partial charge in [-0.1, -0.05) is 31.9 Å². The molecule has 1 aliphatic heterocycles. The summed E-state index contributed by atoms with van der Waals surface area (Å²) in [4.78, 5) is 2.38. The molecule has 0 bridgehead atoms. The van der Waals surface area contributed by atoms with Gasteiger partial charge in [-0.05, 0) is 31.4 Å². The number of phenolic OH excluding ortho intramolecular Hbond substituents is 1. The minimum atomic E-state index is 0.422. The van der Waals surface area contributed by atoms with Crippen LogP contribution in [0.3, 0.4) is 0 Å². The molecule has 2 heteroatoms. The molecule has 16 heavy (non-hydrogen) atoms. The van der Waals surface area contributed by atoms with E-state index in [4.69, 9.17) is 0 Å². The second-order valence-electron chi connectivity index (χ2n) is 4.62. The molecular formula is C14H21NO. The Bertz CT molecular complexity index is 337. The molecule has 1 unspecified atom stereocenters. The zero-order valence-electron chi connectivity index (χ0n) is 10.0. The number of unbranched alkanes of at least 4 members (excludes halogenated alkanes) is 1. The Hall–Kier alpha value is -1.18. The van der Waals surface area contributed by atoms with Crippen molar-refractivity contribution >= 4 is 5.69 Å². The summed E-state index contributed by atoms with van der Waals surface area (Å²) in [6.07, 6.45) is 6.32. The molecule has 2 rings (SSSR count). The van der Waals surface area contributed by atoms with E-state index < -0.39 is 0 Å². The normalized spacial score (nSPS) is 20.3. The maximum Gasteiger partial charge on any atom is 0.138 e. The van der Waals surface area contributed by atoms with E-state index in [1.54, 1.807) is 6.07 Å². The SMILES string of the molecule is CCCCC1CCCN1c1ccccc1O. The number of hydrogen-bond acceptors (Lipinski definition) is 2. The topological polar surface area (TPSA) is 23.5 Å². The van der Waals surface area contributed by atoms with Gasteiger partial charge in [0.25, 0.3) is 0 Å². The maximum atomic E-state index is 9.87. The second-order valence-corrected chi connectivity index (χ2v) is 4.62. The Morgan fingerprint density at radius 2 is 2.19 bits per heavy atom. The van der Waals surface area contributed by atoms with Crippen LogP contribution in [0.2, 0.25) is 0 Å². The molecule has 1 atom stereocenters. The summed E-state index contributed by atoms with van der Waals surface area (Å²) in [5.41, 5.74) is 1.01.